The SMILES string of the molecule is CCc1cc(CNC(C)(C)C)cc(-n2cc(Br)cn2)n1. The molecule has 0 unspecified atom stereocenters. The maximum Gasteiger partial charge on any atom is 0.153 e. The third-order valence-corrected chi connectivity index (χ3v) is 3.31. The summed E-state index contributed by atoms with van der Waals surface area (Å²) in [5.41, 5.74) is 2.41. The van der Waals surface area contributed by atoms with E-state index in [0.29, 0.717) is 0 Å². The van der Waals surface area contributed by atoms with Crippen LogP contribution < -0.4 is 5.32 Å². The lowest BCUT2D eigenvalue weighted by molar-refractivity contribution is 0.424. The first-order valence-electron chi connectivity index (χ1n) is 6.83. The molecule has 0 radical (unpaired) electrons. The lowest BCUT2D eigenvalue weighted by atomic mass is 10.1. The third kappa shape index (κ3) is 4.15. The monoisotopic (exact) mass is 336 g/mol. The highest BCUT2D eigenvalue weighted by molar-refractivity contribution is 9.10. The molecule has 0 fully saturated rings. The van der Waals surface area contributed by atoms with Gasteiger partial charge in [-0.25, -0.2) is 9.67 Å². The number of nitrogens with one attached hydrogen (secondary N) is 1. The van der Waals surface area contributed by atoms with Crippen LogP contribution in [0.3, 0.4) is 0 Å². The standard InChI is InChI=1S/C15H21BrN4/c1-5-13-6-11(8-17-15(2,3)4)7-14(19-13)20-10-12(16)9-18-20/h6-7,9-10,17H,5,8H2,1-4H3. The summed E-state index contributed by atoms with van der Waals surface area (Å²) in [6, 6.07) is 4.23. The molecule has 0 aliphatic heterocycles. The van der Waals surface area contributed by atoms with E-state index in [9.17, 15) is 0 Å². The molecule has 0 saturated carbocycles. The van der Waals surface area contributed by atoms with Crippen LogP contribution in [0, 0.1) is 0 Å². The molecular formula is C15H21BrN4. The van der Waals surface area contributed by atoms with Gasteiger partial charge >= 0.3 is 0 Å². The Balaban J connectivity index is 2.29. The highest BCUT2D eigenvalue weighted by Crippen LogP contribution is 2.15. The molecule has 2 aromatic rings. The molecule has 5 heteroatoms. The summed E-state index contributed by atoms with van der Waals surface area (Å²) in [6.45, 7) is 9.45. The maximum atomic E-state index is 4.63. The number of pyridine rings is 1. The van der Waals surface area contributed by atoms with Crippen LogP contribution in [0.1, 0.15) is 39.0 Å². The number of rotatable bonds is 4. The minimum absolute atomic E-state index is 0.102. The third-order valence-electron chi connectivity index (χ3n) is 2.90. The maximum absolute atomic E-state index is 4.63. The van der Waals surface area contributed by atoms with E-state index in [2.05, 4.69) is 71.2 Å². The van der Waals surface area contributed by atoms with Crippen molar-refractivity contribution >= 4 is 15.9 Å². The van der Waals surface area contributed by atoms with Gasteiger partial charge in [-0.3, -0.25) is 0 Å². The largest absolute Gasteiger partial charge is 0.308 e. The molecule has 1 N–H and O–H groups in total. The van der Waals surface area contributed by atoms with E-state index in [1.807, 2.05) is 6.20 Å². The highest BCUT2D eigenvalue weighted by Gasteiger charge is 2.10. The molecule has 0 aromatic carbocycles. The topological polar surface area (TPSA) is 42.7 Å². The smallest absolute Gasteiger partial charge is 0.153 e. The fraction of sp³-hybridized carbons (Fsp3) is 0.467. The predicted molar refractivity (Wildman–Crippen MR) is 85.0 cm³/mol. The van der Waals surface area contributed by atoms with Gasteiger partial charge in [-0.2, -0.15) is 5.10 Å². The normalized spacial score (nSPS) is 11.8. The van der Waals surface area contributed by atoms with E-state index in [1.165, 1.54) is 5.56 Å². The van der Waals surface area contributed by atoms with Gasteiger partial charge in [0.2, 0.25) is 0 Å². The van der Waals surface area contributed by atoms with Crippen LogP contribution in [-0.2, 0) is 13.0 Å². The lowest BCUT2D eigenvalue weighted by Crippen LogP contribution is -2.35. The second-order valence-electron chi connectivity index (χ2n) is 5.89. The van der Waals surface area contributed by atoms with Gasteiger partial charge in [-0.05, 0) is 60.8 Å². The van der Waals surface area contributed by atoms with Gasteiger partial charge < -0.3 is 5.32 Å². The first-order chi connectivity index (χ1) is 9.37. The molecule has 0 spiro atoms. The van der Waals surface area contributed by atoms with Gasteiger partial charge in [0, 0.05) is 24.0 Å². The summed E-state index contributed by atoms with van der Waals surface area (Å²) in [5, 5.41) is 7.80. The molecule has 0 aliphatic carbocycles. The summed E-state index contributed by atoms with van der Waals surface area (Å²) in [4.78, 5) is 4.63. The van der Waals surface area contributed by atoms with Crippen LogP contribution in [0.4, 0.5) is 0 Å². The highest BCUT2D eigenvalue weighted by atomic mass is 79.9. The number of aromatic nitrogens is 3. The first kappa shape index (κ1) is 15.2. The van der Waals surface area contributed by atoms with Gasteiger partial charge in [-0.1, -0.05) is 6.92 Å². The van der Waals surface area contributed by atoms with Gasteiger partial charge in [-0.15, -0.1) is 0 Å². The molecule has 2 rings (SSSR count). The van der Waals surface area contributed by atoms with Crippen LogP contribution >= 0.6 is 15.9 Å². The fourth-order valence-electron chi connectivity index (χ4n) is 1.83. The summed E-state index contributed by atoms with van der Waals surface area (Å²) in [7, 11) is 0. The molecule has 20 heavy (non-hydrogen) atoms. The van der Waals surface area contributed by atoms with Crippen molar-refractivity contribution in [1.82, 2.24) is 20.1 Å². The first-order valence-corrected chi connectivity index (χ1v) is 7.62. The Morgan fingerprint density at radius 1 is 1.30 bits per heavy atom. The summed E-state index contributed by atoms with van der Waals surface area (Å²) < 4.78 is 2.75. The Kier molecular flexibility index (Phi) is 4.60. The van der Waals surface area contributed by atoms with E-state index in [1.54, 1.807) is 10.9 Å². The summed E-state index contributed by atoms with van der Waals surface area (Å²) in [5.74, 6) is 0.862. The molecule has 2 aromatic heterocycles. The van der Waals surface area contributed by atoms with Crippen LogP contribution in [0.5, 0.6) is 0 Å². The Labute approximate surface area is 128 Å². The van der Waals surface area contributed by atoms with Crippen molar-refractivity contribution in [3.8, 4) is 5.82 Å². The van der Waals surface area contributed by atoms with Gasteiger partial charge in [0.05, 0.1) is 10.7 Å². The Morgan fingerprint density at radius 3 is 2.60 bits per heavy atom. The van der Waals surface area contributed by atoms with Crippen LogP contribution in [-0.4, -0.2) is 20.3 Å². The average molecular weight is 337 g/mol. The molecule has 0 aliphatic rings. The van der Waals surface area contributed by atoms with Crippen LogP contribution in [0.2, 0.25) is 0 Å². The second kappa shape index (κ2) is 6.06. The predicted octanol–water partition coefficient (Wildman–Crippen LogP) is 3.48. The quantitative estimate of drug-likeness (QED) is 0.929. The Morgan fingerprint density at radius 2 is 2.05 bits per heavy atom. The van der Waals surface area contributed by atoms with Crippen molar-refractivity contribution < 1.29 is 0 Å². The van der Waals surface area contributed by atoms with Gasteiger partial charge in [0.15, 0.2) is 5.82 Å². The zero-order chi connectivity index (χ0) is 14.8. The van der Waals surface area contributed by atoms with Crippen LogP contribution in [0.25, 0.3) is 5.82 Å². The van der Waals surface area contributed by atoms with Crippen molar-refractivity contribution in [3.05, 3.63) is 40.3 Å². The van der Waals surface area contributed by atoms with E-state index in [0.717, 1.165) is 29.0 Å². The number of nitrogens with zero attached hydrogens (tertiary/aromatic N) is 3. The van der Waals surface area contributed by atoms with Crippen molar-refractivity contribution in [1.29, 1.82) is 0 Å². The Bertz CT molecular complexity index is 584. The van der Waals surface area contributed by atoms with Crippen molar-refractivity contribution in [2.75, 3.05) is 0 Å². The number of halogens is 1. The molecular weight excluding hydrogens is 316 g/mol. The van der Waals surface area contributed by atoms with Crippen molar-refractivity contribution in [2.24, 2.45) is 0 Å². The van der Waals surface area contributed by atoms with Crippen molar-refractivity contribution in [2.45, 2.75) is 46.2 Å². The molecule has 4 nitrogen and oxygen atoms in total. The minimum Gasteiger partial charge on any atom is -0.308 e. The molecule has 0 bridgehead atoms. The van der Waals surface area contributed by atoms with E-state index >= 15 is 0 Å². The second-order valence-corrected chi connectivity index (χ2v) is 6.80. The Hall–Kier alpha value is -1.20. The minimum atomic E-state index is 0.102. The molecule has 2 heterocycles. The molecule has 0 saturated heterocycles. The zero-order valence-corrected chi connectivity index (χ0v) is 14.0. The van der Waals surface area contributed by atoms with E-state index in [-0.39, 0.29) is 5.54 Å². The van der Waals surface area contributed by atoms with E-state index in [4.69, 9.17) is 0 Å². The number of aryl methyl sites for hydroxylation is 1. The number of hydrogen-bond donors (Lipinski definition) is 1. The lowest BCUT2D eigenvalue weighted by Gasteiger charge is -2.21. The molecule has 0 atom stereocenters. The molecule has 0 amide bonds. The summed E-state index contributed by atoms with van der Waals surface area (Å²) >= 11 is 3.42. The number of hydrogen-bond acceptors (Lipinski definition) is 3. The molecule has 108 valence electrons. The van der Waals surface area contributed by atoms with E-state index < -0.39 is 0 Å². The average Bonchev–Trinajstić information content (AvgIpc) is 2.82. The fourth-order valence-corrected chi connectivity index (χ4v) is 2.11. The van der Waals surface area contributed by atoms with Gasteiger partial charge in [0.1, 0.15) is 0 Å². The van der Waals surface area contributed by atoms with Gasteiger partial charge in [0.25, 0.3) is 0 Å². The zero-order valence-electron chi connectivity index (χ0n) is 12.4. The van der Waals surface area contributed by atoms with Crippen LogP contribution in [0.15, 0.2) is 29.0 Å². The van der Waals surface area contributed by atoms with Crippen molar-refractivity contribution in [3.63, 3.8) is 0 Å². The summed E-state index contributed by atoms with van der Waals surface area (Å²) in [6.07, 6.45) is 4.61.